The first-order valence-corrected chi connectivity index (χ1v) is 10.6. The topological polar surface area (TPSA) is 59.8 Å². The van der Waals surface area contributed by atoms with Crippen molar-refractivity contribution in [1.82, 2.24) is 9.55 Å². The van der Waals surface area contributed by atoms with Crippen LogP contribution in [0.1, 0.15) is 19.0 Å². The van der Waals surface area contributed by atoms with Crippen LogP contribution in [0.25, 0.3) is 11.4 Å². The van der Waals surface area contributed by atoms with E-state index in [9.17, 15) is 4.79 Å². The fraction of sp³-hybridized carbons (Fsp3) is 0.545. The number of hydrogen-bond acceptors (Lipinski definition) is 6. The van der Waals surface area contributed by atoms with Gasteiger partial charge in [-0.3, -0.25) is 9.36 Å². The molecule has 1 fully saturated rings. The number of aryl methyl sites for hydroxylation is 1. The number of halogens is 1. The first-order chi connectivity index (χ1) is 14.3. The summed E-state index contributed by atoms with van der Waals surface area (Å²) in [6, 6.07) is 5.86. The average Bonchev–Trinajstić information content (AvgIpc) is 3.12. The molecule has 0 saturated carbocycles. The largest absolute Gasteiger partial charge is 0.383 e. The highest BCUT2D eigenvalue weighted by atomic mass is 35.5. The zero-order valence-electron chi connectivity index (χ0n) is 18.6. The number of methoxy groups -OCH3 is 2. The van der Waals surface area contributed by atoms with Crippen LogP contribution in [0, 0.1) is 0 Å². The predicted octanol–water partition coefficient (Wildman–Crippen LogP) is 2.97. The predicted molar refractivity (Wildman–Crippen MR) is 122 cm³/mol. The van der Waals surface area contributed by atoms with Gasteiger partial charge < -0.3 is 19.3 Å². The molecule has 0 spiro atoms. The highest BCUT2D eigenvalue weighted by molar-refractivity contribution is 6.33. The van der Waals surface area contributed by atoms with Gasteiger partial charge in [0.1, 0.15) is 11.5 Å². The minimum absolute atomic E-state index is 0.0623. The lowest BCUT2D eigenvalue weighted by Gasteiger charge is -2.28. The molecule has 0 unspecified atom stereocenters. The number of aromatic nitrogens is 2. The van der Waals surface area contributed by atoms with Crippen molar-refractivity contribution in [2.75, 3.05) is 51.3 Å². The van der Waals surface area contributed by atoms with Crippen molar-refractivity contribution >= 4 is 23.0 Å². The van der Waals surface area contributed by atoms with Crippen molar-refractivity contribution in [3.05, 3.63) is 39.3 Å². The molecule has 1 aliphatic rings. The Morgan fingerprint density at radius 2 is 2.03 bits per heavy atom. The minimum Gasteiger partial charge on any atom is -0.383 e. The summed E-state index contributed by atoms with van der Waals surface area (Å²) >= 11 is 6.57. The molecule has 0 radical (unpaired) electrons. The molecule has 1 saturated heterocycles. The van der Waals surface area contributed by atoms with E-state index in [1.54, 1.807) is 25.8 Å². The molecule has 2 heterocycles. The summed E-state index contributed by atoms with van der Waals surface area (Å²) in [6.07, 6.45) is 1.52. The molecule has 1 aromatic heterocycles. The van der Waals surface area contributed by atoms with Crippen LogP contribution in [0.4, 0.5) is 11.4 Å². The Labute approximate surface area is 183 Å². The first-order valence-electron chi connectivity index (χ1n) is 10.2. The fourth-order valence-corrected chi connectivity index (χ4v) is 4.30. The maximum atomic E-state index is 13.5. The zero-order valence-corrected chi connectivity index (χ0v) is 19.4. The van der Waals surface area contributed by atoms with Crippen LogP contribution in [-0.4, -0.2) is 63.2 Å². The van der Waals surface area contributed by atoms with E-state index in [1.165, 1.54) is 0 Å². The molecule has 30 heavy (non-hydrogen) atoms. The van der Waals surface area contributed by atoms with Gasteiger partial charge in [0.25, 0.3) is 5.56 Å². The number of ether oxygens (including phenoxy) is 2. The highest BCUT2D eigenvalue weighted by Gasteiger charge is 2.35. The molecular weight excluding hydrogens is 404 g/mol. The Morgan fingerprint density at radius 3 is 2.60 bits per heavy atom. The molecule has 7 nitrogen and oxygen atoms in total. The van der Waals surface area contributed by atoms with Crippen molar-refractivity contribution < 1.29 is 9.47 Å². The smallest absolute Gasteiger partial charge is 0.277 e. The molecule has 8 heteroatoms. The summed E-state index contributed by atoms with van der Waals surface area (Å²) < 4.78 is 12.6. The van der Waals surface area contributed by atoms with E-state index in [0.717, 1.165) is 23.4 Å². The lowest BCUT2D eigenvalue weighted by atomic mass is 10.1. The maximum Gasteiger partial charge on any atom is 0.277 e. The second-order valence-corrected chi connectivity index (χ2v) is 8.27. The fourth-order valence-electron chi connectivity index (χ4n) is 4.04. The van der Waals surface area contributed by atoms with Gasteiger partial charge in [0.05, 0.1) is 29.5 Å². The van der Waals surface area contributed by atoms with Gasteiger partial charge in [0.2, 0.25) is 0 Å². The van der Waals surface area contributed by atoms with Crippen LogP contribution >= 0.6 is 11.6 Å². The van der Waals surface area contributed by atoms with Crippen molar-refractivity contribution in [2.24, 2.45) is 7.05 Å². The number of rotatable bonds is 7. The molecular formula is C22H31ClN4O3. The van der Waals surface area contributed by atoms with E-state index in [2.05, 4.69) is 4.90 Å². The Bertz CT molecular complexity index is 960. The first kappa shape index (κ1) is 22.6. The monoisotopic (exact) mass is 434 g/mol. The third-order valence-electron chi connectivity index (χ3n) is 5.74. The third-order valence-corrected chi connectivity index (χ3v) is 6.05. The van der Waals surface area contributed by atoms with Crippen LogP contribution < -0.4 is 15.4 Å². The van der Waals surface area contributed by atoms with Crippen molar-refractivity contribution in [3.8, 4) is 11.4 Å². The summed E-state index contributed by atoms with van der Waals surface area (Å²) in [5.41, 5.74) is 3.05. The van der Waals surface area contributed by atoms with Crippen molar-refractivity contribution in [1.29, 1.82) is 0 Å². The molecule has 0 aliphatic carbocycles. The van der Waals surface area contributed by atoms with E-state index in [0.29, 0.717) is 36.1 Å². The van der Waals surface area contributed by atoms with Gasteiger partial charge in [-0.1, -0.05) is 18.5 Å². The molecule has 2 aromatic rings. The molecule has 0 N–H and O–H groups in total. The summed E-state index contributed by atoms with van der Waals surface area (Å²) in [4.78, 5) is 22.5. The van der Waals surface area contributed by atoms with Gasteiger partial charge in [-0.05, 0) is 31.0 Å². The lowest BCUT2D eigenvalue weighted by molar-refractivity contribution is 0.111. The van der Waals surface area contributed by atoms with Gasteiger partial charge in [0.15, 0.2) is 0 Å². The van der Waals surface area contributed by atoms with Crippen LogP contribution in [0.5, 0.6) is 0 Å². The Hall–Kier alpha value is -2.09. The van der Waals surface area contributed by atoms with Gasteiger partial charge in [0, 0.05) is 53.2 Å². The Balaban J connectivity index is 2.11. The zero-order chi connectivity index (χ0) is 22.0. The summed E-state index contributed by atoms with van der Waals surface area (Å²) in [7, 11) is 9.06. The number of anilines is 2. The average molecular weight is 435 g/mol. The Morgan fingerprint density at radius 1 is 1.30 bits per heavy atom. The second kappa shape index (κ2) is 9.37. The van der Waals surface area contributed by atoms with Crippen molar-refractivity contribution in [2.45, 2.75) is 31.9 Å². The number of benzene rings is 1. The van der Waals surface area contributed by atoms with Gasteiger partial charge in [-0.2, -0.15) is 0 Å². The third kappa shape index (κ3) is 4.19. The normalized spacial score (nSPS) is 18.8. The molecule has 0 amide bonds. The summed E-state index contributed by atoms with van der Waals surface area (Å²) in [5, 5.41) is 0.566. The van der Waals surface area contributed by atoms with Crippen molar-refractivity contribution in [3.63, 3.8) is 0 Å². The standard InChI is InChI=1S/C22H31ClN4O3/c1-7-19-20(27-12-16(30-6)10-15(27)13-29-5)22(28)26(4)21(24-19)17-9-8-14(25(2)3)11-18(17)23/h8-9,11,15-16H,7,10,12-13H2,1-6H3/t15-,16+/m0/s1. The molecule has 0 bridgehead atoms. The van der Waals surface area contributed by atoms with Crippen LogP contribution in [0.2, 0.25) is 5.02 Å². The summed E-state index contributed by atoms with van der Waals surface area (Å²) in [5.74, 6) is 0.571. The van der Waals surface area contributed by atoms with E-state index >= 15 is 0 Å². The van der Waals surface area contributed by atoms with E-state index in [1.807, 2.05) is 44.1 Å². The highest BCUT2D eigenvalue weighted by Crippen LogP contribution is 2.32. The SMILES string of the molecule is CCc1nc(-c2ccc(N(C)C)cc2Cl)n(C)c(=O)c1N1C[C@H](OC)C[C@H]1COC. The summed E-state index contributed by atoms with van der Waals surface area (Å²) in [6.45, 7) is 3.19. The van der Waals surface area contributed by atoms with E-state index in [4.69, 9.17) is 26.1 Å². The molecule has 1 aromatic carbocycles. The lowest BCUT2D eigenvalue weighted by Crippen LogP contribution is -2.40. The van der Waals surface area contributed by atoms with Gasteiger partial charge in [-0.15, -0.1) is 0 Å². The number of nitrogens with zero attached hydrogens (tertiary/aromatic N) is 4. The second-order valence-electron chi connectivity index (χ2n) is 7.86. The van der Waals surface area contributed by atoms with Crippen LogP contribution in [0.3, 0.4) is 0 Å². The molecule has 3 rings (SSSR count). The molecule has 1 aliphatic heterocycles. The molecule has 164 valence electrons. The van der Waals surface area contributed by atoms with E-state index < -0.39 is 0 Å². The van der Waals surface area contributed by atoms with Crippen LogP contribution in [0.15, 0.2) is 23.0 Å². The Kier molecular flexibility index (Phi) is 7.06. The van der Waals surface area contributed by atoms with Gasteiger partial charge >= 0.3 is 0 Å². The quantitative estimate of drug-likeness (QED) is 0.667. The number of hydrogen-bond donors (Lipinski definition) is 0. The van der Waals surface area contributed by atoms with Gasteiger partial charge in [-0.25, -0.2) is 4.98 Å². The maximum absolute atomic E-state index is 13.5. The van der Waals surface area contributed by atoms with Crippen LogP contribution in [-0.2, 0) is 22.9 Å². The minimum atomic E-state index is -0.0811. The molecule has 2 atom stereocenters. The van der Waals surface area contributed by atoms with E-state index in [-0.39, 0.29) is 17.7 Å².